The molecule has 0 amide bonds. The van der Waals surface area contributed by atoms with Crippen molar-refractivity contribution in [3.05, 3.63) is 27.6 Å². The molecule has 0 saturated heterocycles. The fourth-order valence-corrected chi connectivity index (χ4v) is 2.21. The van der Waals surface area contributed by atoms with Crippen LogP contribution in [0.1, 0.15) is 16.1 Å². The summed E-state index contributed by atoms with van der Waals surface area (Å²) < 4.78 is 20.9. The number of hydrogen-bond donors (Lipinski definition) is 1. The van der Waals surface area contributed by atoms with E-state index in [1.807, 2.05) is 0 Å². The number of rotatable bonds is 4. The molecule has 2 aromatic rings. The van der Waals surface area contributed by atoms with Gasteiger partial charge in [-0.05, 0) is 6.92 Å². The second-order valence-corrected chi connectivity index (χ2v) is 4.21. The molecule has 0 bridgehead atoms. The van der Waals surface area contributed by atoms with Gasteiger partial charge in [0.25, 0.3) is 0 Å². The molecule has 0 aliphatic rings. The van der Waals surface area contributed by atoms with Crippen LogP contribution in [0, 0.1) is 6.92 Å². The van der Waals surface area contributed by atoms with E-state index in [0.717, 1.165) is 0 Å². The SMILES string of the molecule is COc1c(C(=O)O)c(OC)c2c(=O)cc(C)oc2c1OC. The molecule has 112 valence electrons. The minimum atomic E-state index is -1.30. The van der Waals surface area contributed by atoms with Gasteiger partial charge in [0.2, 0.25) is 5.75 Å². The zero-order valence-electron chi connectivity index (χ0n) is 12.0. The number of methoxy groups -OCH3 is 3. The van der Waals surface area contributed by atoms with Crippen molar-refractivity contribution >= 4 is 16.9 Å². The average Bonchev–Trinajstić information content (AvgIpc) is 2.43. The molecule has 1 N–H and O–H groups in total. The third-order valence-electron chi connectivity index (χ3n) is 2.99. The van der Waals surface area contributed by atoms with E-state index in [2.05, 4.69) is 0 Å². The molecule has 7 heteroatoms. The van der Waals surface area contributed by atoms with Gasteiger partial charge in [-0.15, -0.1) is 0 Å². The maximum Gasteiger partial charge on any atom is 0.343 e. The third kappa shape index (κ3) is 2.16. The lowest BCUT2D eigenvalue weighted by Crippen LogP contribution is -2.11. The molecular formula is C14H14O7. The first-order chi connectivity index (χ1) is 9.96. The first kappa shape index (κ1) is 14.7. The second-order valence-electron chi connectivity index (χ2n) is 4.21. The van der Waals surface area contributed by atoms with Gasteiger partial charge in [-0.25, -0.2) is 4.79 Å². The standard InChI is InChI=1S/C14H14O7/c1-6-5-7(15)8-10(18-2)9(14(16)17)11(19-3)13(20-4)12(8)21-6/h5H,1-4H3,(H,16,17). The van der Waals surface area contributed by atoms with Crippen molar-refractivity contribution in [2.45, 2.75) is 6.92 Å². The Morgan fingerprint density at radius 2 is 1.67 bits per heavy atom. The number of aryl methyl sites for hydroxylation is 1. The molecule has 7 nitrogen and oxygen atoms in total. The van der Waals surface area contributed by atoms with Gasteiger partial charge in [-0.1, -0.05) is 0 Å². The molecule has 0 saturated carbocycles. The van der Waals surface area contributed by atoms with Gasteiger partial charge in [0.15, 0.2) is 22.5 Å². The van der Waals surface area contributed by atoms with E-state index < -0.39 is 11.4 Å². The topological polar surface area (TPSA) is 95.2 Å². The molecule has 0 atom stereocenters. The summed E-state index contributed by atoms with van der Waals surface area (Å²) in [6, 6.07) is 1.25. The van der Waals surface area contributed by atoms with E-state index in [4.69, 9.17) is 18.6 Å². The highest BCUT2D eigenvalue weighted by Crippen LogP contribution is 2.44. The summed E-state index contributed by atoms with van der Waals surface area (Å²) in [5.74, 6) is -1.10. The van der Waals surface area contributed by atoms with Crippen LogP contribution in [0.3, 0.4) is 0 Å². The van der Waals surface area contributed by atoms with Crippen molar-refractivity contribution in [2.75, 3.05) is 21.3 Å². The lowest BCUT2D eigenvalue weighted by Gasteiger charge is -2.16. The number of fused-ring (bicyclic) bond motifs is 1. The maximum absolute atomic E-state index is 12.2. The molecule has 1 aromatic heterocycles. The summed E-state index contributed by atoms with van der Waals surface area (Å²) >= 11 is 0. The van der Waals surface area contributed by atoms with Gasteiger partial charge < -0.3 is 23.7 Å². The van der Waals surface area contributed by atoms with Crippen LogP contribution in [-0.4, -0.2) is 32.4 Å². The van der Waals surface area contributed by atoms with Gasteiger partial charge in [-0.2, -0.15) is 0 Å². The number of benzene rings is 1. The number of carboxylic acid groups (broad SMARTS) is 1. The molecular weight excluding hydrogens is 280 g/mol. The maximum atomic E-state index is 12.2. The fraction of sp³-hybridized carbons (Fsp3) is 0.286. The summed E-state index contributed by atoms with van der Waals surface area (Å²) in [4.78, 5) is 23.7. The van der Waals surface area contributed by atoms with Crippen LogP contribution >= 0.6 is 0 Å². The van der Waals surface area contributed by atoms with Crippen LogP contribution in [-0.2, 0) is 0 Å². The second kappa shape index (κ2) is 5.35. The van der Waals surface area contributed by atoms with Gasteiger partial charge in [0.1, 0.15) is 16.7 Å². The Morgan fingerprint density at radius 3 is 2.14 bits per heavy atom. The molecule has 2 rings (SSSR count). The van der Waals surface area contributed by atoms with Crippen LogP contribution in [0.15, 0.2) is 15.3 Å². The van der Waals surface area contributed by atoms with Crippen LogP contribution in [0.4, 0.5) is 0 Å². The van der Waals surface area contributed by atoms with Crippen molar-refractivity contribution in [2.24, 2.45) is 0 Å². The van der Waals surface area contributed by atoms with Crippen LogP contribution < -0.4 is 19.6 Å². The summed E-state index contributed by atoms with van der Waals surface area (Å²) in [5.41, 5.74) is -0.629. The van der Waals surface area contributed by atoms with Crippen LogP contribution in [0.25, 0.3) is 11.0 Å². The molecule has 1 aromatic carbocycles. The Hall–Kier alpha value is -2.70. The first-order valence-corrected chi connectivity index (χ1v) is 5.95. The average molecular weight is 294 g/mol. The summed E-state index contributed by atoms with van der Waals surface area (Å²) in [6.45, 7) is 1.60. The molecule has 1 heterocycles. The molecule has 0 radical (unpaired) electrons. The van der Waals surface area contributed by atoms with Crippen molar-refractivity contribution in [1.29, 1.82) is 0 Å². The van der Waals surface area contributed by atoms with Crippen molar-refractivity contribution < 1.29 is 28.5 Å². The summed E-state index contributed by atoms with van der Waals surface area (Å²) in [5, 5.41) is 9.38. The third-order valence-corrected chi connectivity index (χ3v) is 2.99. The molecule has 0 spiro atoms. The molecule has 0 aliphatic heterocycles. The highest BCUT2D eigenvalue weighted by Gasteiger charge is 2.29. The Bertz CT molecular complexity index is 773. The highest BCUT2D eigenvalue weighted by molar-refractivity contribution is 6.05. The minimum Gasteiger partial charge on any atom is -0.495 e. The number of ether oxygens (including phenoxy) is 3. The monoisotopic (exact) mass is 294 g/mol. The smallest absolute Gasteiger partial charge is 0.343 e. The lowest BCUT2D eigenvalue weighted by atomic mass is 10.1. The van der Waals surface area contributed by atoms with E-state index in [1.54, 1.807) is 6.92 Å². The van der Waals surface area contributed by atoms with Crippen LogP contribution in [0.5, 0.6) is 17.2 Å². The molecule has 0 aliphatic carbocycles. The van der Waals surface area contributed by atoms with Gasteiger partial charge >= 0.3 is 5.97 Å². The number of hydrogen-bond acceptors (Lipinski definition) is 6. The Kier molecular flexibility index (Phi) is 3.75. The number of carboxylic acids is 1. The van der Waals surface area contributed by atoms with E-state index in [-0.39, 0.29) is 33.8 Å². The predicted molar refractivity (Wildman–Crippen MR) is 73.8 cm³/mol. The Morgan fingerprint density at radius 1 is 1.10 bits per heavy atom. The largest absolute Gasteiger partial charge is 0.495 e. The van der Waals surface area contributed by atoms with Crippen molar-refractivity contribution in [3.63, 3.8) is 0 Å². The quantitative estimate of drug-likeness (QED) is 0.918. The van der Waals surface area contributed by atoms with E-state index in [1.165, 1.54) is 27.4 Å². The zero-order chi connectivity index (χ0) is 15.7. The number of carbonyl (C=O) groups is 1. The highest BCUT2D eigenvalue weighted by atomic mass is 16.5. The Balaban J connectivity index is 3.17. The van der Waals surface area contributed by atoms with Crippen molar-refractivity contribution in [1.82, 2.24) is 0 Å². The van der Waals surface area contributed by atoms with E-state index in [9.17, 15) is 14.7 Å². The summed E-state index contributed by atoms with van der Waals surface area (Å²) in [7, 11) is 3.90. The van der Waals surface area contributed by atoms with Gasteiger partial charge in [0.05, 0.1) is 21.3 Å². The predicted octanol–water partition coefficient (Wildman–Crippen LogP) is 1.83. The molecule has 21 heavy (non-hydrogen) atoms. The van der Waals surface area contributed by atoms with E-state index >= 15 is 0 Å². The summed E-state index contributed by atoms with van der Waals surface area (Å²) in [6.07, 6.45) is 0. The lowest BCUT2D eigenvalue weighted by molar-refractivity contribution is 0.0689. The van der Waals surface area contributed by atoms with Gasteiger partial charge in [0, 0.05) is 6.07 Å². The molecule has 0 fully saturated rings. The van der Waals surface area contributed by atoms with E-state index in [0.29, 0.717) is 5.76 Å². The fourth-order valence-electron chi connectivity index (χ4n) is 2.21. The Labute approximate surface area is 119 Å². The van der Waals surface area contributed by atoms with Crippen LogP contribution in [0.2, 0.25) is 0 Å². The van der Waals surface area contributed by atoms with Crippen molar-refractivity contribution in [3.8, 4) is 17.2 Å². The number of aromatic carboxylic acids is 1. The molecule has 0 unspecified atom stereocenters. The first-order valence-electron chi connectivity index (χ1n) is 5.95. The zero-order valence-corrected chi connectivity index (χ0v) is 12.0. The minimum absolute atomic E-state index is 0.00171. The normalized spacial score (nSPS) is 10.5. The van der Waals surface area contributed by atoms with Gasteiger partial charge in [-0.3, -0.25) is 4.79 Å².